The highest BCUT2D eigenvalue weighted by Gasteiger charge is 2.39. The van der Waals surface area contributed by atoms with Crippen molar-refractivity contribution in [1.82, 2.24) is 19.3 Å². The third-order valence-corrected chi connectivity index (χ3v) is 8.65. The van der Waals surface area contributed by atoms with Crippen LogP contribution < -0.4 is 5.73 Å². The first-order valence-electron chi connectivity index (χ1n) is 8.42. The molecule has 1 aromatic carbocycles. The van der Waals surface area contributed by atoms with Crippen LogP contribution in [-0.4, -0.2) is 48.1 Å². The Labute approximate surface area is 172 Å². The van der Waals surface area contributed by atoms with E-state index < -0.39 is 15.2 Å². The van der Waals surface area contributed by atoms with Gasteiger partial charge in [0.2, 0.25) is 5.96 Å². The summed E-state index contributed by atoms with van der Waals surface area (Å²) in [6, 6.07) is 11.6. The smallest absolute Gasteiger partial charge is 0.203 e. The number of halogens is 1. The Morgan fingerprint density at radius 2 is 2.07 bits per heavy atom. The molecule has 10 heteroatoms. The van der Waals surface area contributed by atoms with E-state index in [1.165, 1.54) is 15.6 Å². The van der Waals surface area contributed by atoms with Gasteiger partial charge in [-0.15, -0.1) is 16.4 Å². The minimum absolute atomic E-state index is 0.190. The minimum Gasteiger partial charge on any atom is -0.369 e. The van der Waals surface area contributed by atoms with Crippen molar-refractivity contribution in [1.29, 1.82) is 0 Å². The molecule has 3 heterocycles. The van der Waals surface area contributed by atoms with Crippen molar-refractivity contribution in [3.05, 3.63) is 52.5 Å². The molecule has 0 saturated heterocycles. The summed E-state index contributed by atoms with van der Waals surface area (Å²) in [6.45, 7) is 1.88. The Hall–Kier alpha value is -2.36. The Kier molecular flexibility index (Phi) is 4.48. The zero-order valence-electron chi connectivity index (χ0n) is 15.4. The van der Waals surface area contributed by atoms with Crippen LogP contribution in [0.15, 0.2) is 47.6 Å². The molecule has 7 nitrogen and oxygen atoms in total. The van der Waals surface area contributed by atoms with E-state index in [4.69, 9.17) is 17.3 Å². The number of nitrogens with zero attached hydrogens (tertiary/aromatic N) is 5. The van der Waals surface area contributed by atoms with Gasteiger partial charge in [0.25, 0.3) is 0 Å². The maximum atomic E-state index is 12.9. The van der Waals surface area contributed by atoms with E-state index in [0.717, 1.165) is 15.4 Å². The highest BCUT2D eigenvalue weighted by Crippen LogP contribution is 2.43. The molecule has 28 heavy (non-hydrogen) atoms. The molecule has 0 amide bonds. The first kappa shape index (κ1) is 19.0. The molecule has 1 unspecified atom stereocenters. The zero-order chi connectivity index (χ0) is 20.1. The van der Waals surface area contributed by atoms with Crippen molar-refractivity contribution in [3.63, 3.8) is 0 Å². The van der Waals surface area contributed by atoms with Crippen LogP contribution in [0.25, 0.3) is 16.3 Å². The van der Waals surface area contributed by atoms with Crippen LogP contribution in [0.5, 0.6) is 0 Å². The highest BCUT2D eigenvalue weighted by molar-refractivity contribution is 7.98. The molecular weight excluding hydrogens is 416 g/mol. The lowest BCUT2D eigenvalue weighted by atomic mass is 10.0. The van der Waals surface area contributed by atoms with Crippen LogP contribution in [-0.2, 0) is 15.2 Å². The summed E-state index contributed by atoms with van der Waals surface area (Å²) in [6.07, 6.45) is 1.85. The molecule has 0 fully saturated rings. The van der Waals surface area contributed by atoms with E-state index in [0.29, 0.717) is 10.7 Å². The summed E-state index contributed by atoms with van der Waals surface area (Å²) in [5.41, 5.74) is 6.80. The van der Waals surface area contributed by atoms with Crippen molar-refractivity contribution in [2.24, 2.45) is 10.7 Å². The van der Waals surface area contributed by atoms with Gasteiger partial charge in [0, 0.05) is 7.05 Å². The molecule has 0 spiro atoms. The summed E-state index contributed by atoms with van der Waals surface area (Å²) in [5, 5.41) is 9.00. The molecule has 2 atom stereocenters. The zero-order valence-corrected chi connectivity index (χ0v) is 17.8. The summed E-state index contributed by atoms with van der Waals surface area (Å²) < 4.78 is 16.0. The van der Waals surface area contributed by atoms with Gasteiger partial charge < -0.3 is 5.73 Å². The average molecular weight is 435 g/mol. The topological polar surface area (TPSA) is 89.4 Å². The van der Waals surface area contributed by atoms with Crippen molar-refractivity contribution >= 4 is 44.5 Å². The van der Waals surface area contributed by atoms with Crippen molar-refractivity contribution in [2.45, 2.75) is 12.5 Å². The molecule has 4 rings (SSSR count). The van der Waals surface area contributed by atoms with Crippen molar-refractivity contribution in [2.75, 3.05) is 12.8 Å². The first-order valence-corrected chi connectivity index (χ1v) is 11.5. The summed E-state index contributed by atoms with van der Waals surface area (Å²) in [7, 11) is -0.941. The summed E-state index contributed by atoms with van der Waals surface area (Å²) >= 11 is 7.99. The lowest BCUT2D eigenvalue weighted by molar-refractivity contribution is 0.522. The monoisotopic (exact) mass is 434 g/mol. The molecule has 1 aliphatic heterocycles. The third-order valence-electron chi connectivity index (χ3n) is 4.63. The number of benzene rings is 1. The molecule has 1 aliphatic rings. The molecule has 0 aliphatic carbocycles. The van der Waals surface area contributed by atoms with E-state index in [2.05, 4.69) is 21.2 Å². The quantitative estimate of drug-likeness (QED) is 0.642. The van der Waals surface area contributed by atoms with E-state index in [1.54, 1.807) is 11.7 Å². The Morgan fingerprint density at radius 3 is 2.75 bits per heavy atom. The highest BCUT2D eigenvalue weighted by atomic mass is 35.5. The van der Waals surface area contributed by atoms with Crippen molar-refractivity contribution < 1.29 is 4.21 Å². The largest absolute Gasteiger partial charge is 0.369 e. The predicted molar refractivity (Wildman–Crippen MR) is 117 cm³/mol. The van der Waals surface area contributed by atoms with E-state index in [1.807, 2.05) is 49.5 Å². The molecular formula is C18H19ClN6OS2. The number of thiophene rings is 1. The number of aliphatic imine (C=N–C) groups is 1. The lowest BCUT2D eigenvalue weighted by Crippen LogP contribution is -2.50. The van der Waals surface area contributed by atoms with Crippen LogP contribution in [0.3, 0.4) is 0 Å². The van der Waals surface area contributed by atoms with Gasteiger partial charge in [0.05, 0.1) is 42.1 Å². The van der Waals surface area contributed by atoms with E-state index in [9.17, 15) is 4.21 Å². The number of aromatic nitrogens is 3. The molecule has 2 aromatic heterocycles. The maximum absolute atomic E-state index is 12.9. The van der Waals surface area contributed by atoms with Gasteiger partial charge >= 0.3 is 0 Å². The van der Waals surface area contributed by atoms with Gasteiger partial charge in [0.15, 0.2) is 0 Å². The average Bonchev–Trinajstić information content (AvgIpc) is 3.27. The van der Waals surface area contributed by atoms with Gasteiger partial charge in [-0.2, -0.15) is 0 Å². The Bertz CT molecular complexity index is 1170. The van der Waals surface area contributed by atoms with Gasteiger partial charge in [-0.05, 0) is 31.0 Å². The van der Waals surface area contributed by atoms with Crippen LogP contribution >= 0.6 is 22.9 Å². The molecule has 146 valence electrons. The van der Waals surface area contributed by atoms with Crippen LogP contribution in [0.4, 0.5) is 0 Å². The number of hydrogen-bond acceptors (Lipinski definition) is 6. The van der Waals surface area contributed by atoms with Gasteiger partial charge in [-0.3, -0.25) is 4.31 Å². The maximum Gasteiger partial charge on any atom is 0.203 e. The summed E-state index contributed by atoms with van der Waals surface area (Å²) in [4.78, 5) is 6.20. The Balaban J connectivity index is 1.73. The third kappa shape index (κ3) is 3.19. The standard InChI is InChI=1S/C18H19ClN6OS2/c1-18(11-28(3,26)24(2)17(20)21-18)16-13(19)9-15(27-16)14-10-25(23-22-14)12-7-5-4-6-8-12/h4-10H,3,11H2,1-2H3,(H2,20,21)/t18-,28?/m0/s1. The molecule has 0 saturated carbocycles. The second-order valence-electron chi connectivity index (χ2n) is 6.83. The number of guanidine groups is 1. The van der Waals surface area contributed by atoms with Crippen LogP contribution in [0.1, 0.15) is 11.8 Å². The number of nitrogens with two attached hydrogens (primary N) is 1. The molecule has 0 radical (unpaired) electrons. The fraction of sp³-hybridized carbons (Fsp3) is 0.222. The number of hydrogen-bond donors (Lipinski definition) is 1. The van der Waals surface area contributed by atoms with Crippen molar-refractivity contribution in [3.8, 4) is 16.3 Å². The summed E-state index contributed by atoms with van der Waals surface area (Å²) in [5.74, 6) is 4.26. The number of rotatable bonds is 3. The van der Waals surface area contributed by atoms with E-state index in [-0.39, 0.29) is 11.7 Å². The molecule has 2 N–H and O–H groups in total. The normalized spacial score (nSPS) is 25.0. The second-order valence-corrected chi connectivity index (χ2v) is 10.7. The number of para-hydroxylation sites is 1. The Morgan fingerprint density at radius 1 is 1.36 bits per heavy atom. The molecule has 3 aromatic rings. The fourth-order valence-electron chi connectivity index (χ4n) is 3.12. The predicted octanol–water partition coefficient (Wildman–Crippen LogP) is 2.76. The molecule has 0 bridgehead atoms. The lowest BCUT2D eigenvalue weighted by Gasteiger charge is -2.36. The van der Waals surface area contributed by atoms with Crippen LogP contribution in [0, 0.1) is 0 Å². The SMILES string of the molecule is C=S1(=O)C[C@@](C)(c2sc(-c3cn(-c4ccccc4)nn3)cc2Cl)N=C(N)N1C. The second kappa shape index (κ2) is 6.61. The van der Waals surface area contributed by atoms with Crippen LogP contribution in [0.2, 0.25) is 5.02 Å². The fourth-order valence-corrected chi connectivity index (χ4v) is 6.46. The minimum atomic E-state index is -2.58. The van der Waals surface area contributed by atoms with Gasteiger partial charge in [0.1, 0.15) is 11.2 Å². The van der Waals surface area contributed by atoms with E-state index >= 15 is 0 Å². The van der Waals surface area contributed by atoms with Gasteiger partial charge in [-0.1, -0.05) is 35.0 Å². The van der Waals surface area contributed by atoms with Gasteiger partial charge in [-0.25, -0.2) is 13.9 Å². The first-order chi connectivity index (χ1) is 13.2.